The number of carboxylic acid groups (broad SMARTS) is 1. The third-order valence-corrected chi connectivity index (χ3v) is 2.82. The predicted octanol–water partition coefficient (Wildman–Crippen LogP) is 0.969. The van der Waals surface area contributed by atoms with Crippen molar-refractivity contribution in [1.29, 1.82) is 0 Å². The zero-order chi connectivity index (χ0) is 14.1. The molecule has 3 heterocycles. The van der Waals surface area contributed by atoms with Crippen LogP contribution in [0.4, 0.5) is 0 Å². The Morgan fingerprint density at radius 1 is 1.45 bits per heavy atom. The van der Waals surface area contributed by atoms with Gasteiger partial charge in [-0.15, -0.1) is 10.2 Å². The van der Waals surface area contributed by atoms with E-state index in [0.717, 1.165) is 5.56 Å². The lowest BCUT2D eigenvalue weighted by molar-refractivity contribution is -0.136. The third-order valence-electron chi connectivity index (χ3n) is 2.82. The topological polar surface area (TPSA) is 106 Å². The van der Waals surface area contributed by atoms with Gasteiger partial charge in [0.2, 0.25) is 0 Å². The smallest absolute Gasteiger partial charge is 0.311 e. The summed E-state index contributed by atoms with van der Waals surface area (Å²) in [6.07, 6.45) is 2.21. The van der Waals surface area contributed by atoms with Crippen LogP contribution in [0.25, 0.3) is 17.1 Å². The summed E-state index contributed by atoms with van der Waals surface area (Å²) in [6, 6.07) is 3.49. The molecular formula is C12H11N5O3. The Labute approximate surface area is 113 Å². The van der Waals surface area contributed by atoms with Crippen molar-refractivity contribution >= 4 is 11.6 Å². The number of aryl methyl sites for hydroxylation is 1. The van der Waals surface area contributed by atoms with Gasteiger partial charge in [0.25, 0.3) is 5.89 Å². The van der Waals surface area contributed by atoms with Gasteiger partial charge in [-0.3, -0.25) is 9.20 Å². The number of pyridine rings is 1. The number of hydrogen-bond acceptors (Lipinski definition) is 6. The number of hydrogen-bond donors (Lipinski definition) is 1. The Morgan fingerprint density at radius 2 is 2.30 bits per heavy atom. The van der Waals surface area contributed by atoms with Gasteiger partial charge < -0.3 is 9.63 Å². The highest BCUT2D eigenvalue weighted by Gasteiger charge is 2.12. The SMILES string of the molecule is CCc1noc(-c2ccn3c(CC(=O)O)nnc3c2)n1. The lowest BCUT2D eigenvalue weighted by Crippen LogP contribution is -2.04. The third kappa shape index (κ3) is 2.11. The number of aliphatic carboxylic acids is 1. The lowest BCUT2D eigenvalue weighted by atomic mass is 10.2. The molecule has 0 spiro atoms. The van der Waals surface area contributed by atoms with Gasteiger partial charge in [-0.2, -0.15) is 4.98 Å². The minimum absolute atomic E-state index is 0.180. The highest BCUT2D eigenvalue weighted by molar-refractivity contribution is 5.69. The number of carboxylic acids is 1. The number of nitrogens with zero attached hydrogens (tertiary/aromatic N) is 5. The van der Waals surface area contributed by atoms with Crippen LogP contribution in [0.3, 0.4) is 0 Å². The average molecular weight is 273 g/mol. The van der Waals surface area contributed by atoms with Crippen LogP contribution in [0, 0.1) is 0 Å². The van der Waals surface area contributed by atoms with Crippen molar-refractivity contribution in [2.24, 2.45) is 0 Å². The Morgan fingerprint density at radius 3 is 3.00 bits per heavy atom. The molecule has 0 bridgehead atoms. The summed E-state index contributed by atoms with van der Waals surface area (Å²) in [5.41, 5.74) is 1.26. The number of rotatable bonds is 4. The van der Waals surface area contributed by atoms with Gasteiger partial charge >= 0.3 is 5.97 Å². The number of carbonyl (C=O) groups is 1. The largest absolute Gasteiger partial charge is 0.481 e. The van der Waals surface area contributed by atoms with E-state index < -0.39 is 5.97 Å². The quantitative estimate of drug-likeness (QED) is 0.754. The van der Waals surface area contributed by atoms with Crippen LogP contribution in [0.1, 0.15) is 18.6 Å². The summed E-state index contributed by atoms with van der Waals surface area (Å²) < 4.78 is 6.77. The van der Waals surface area contributed by atoms with Crippen LogP contribution in [-0.2, 0) is 17.6 Å². The average Bonchev–Trinajstić information content (AvgIpc) is 3.05. The second-order valence-corrected chi connectivity index (χ2v) is 4.20. The molecule has 1 N–H and O–H groups in total. The van der Waals surface area contributed by atoms with Crippen molar-refractivity contribution in [2.45, 2.75) is 19.8 Å². The van der Waals surface area contributed by atoms with Crippen molar-refractivity contribution in [3.63, 3.8) is 0 Å². The molecule has 0 saturated heterocycles. The summed E-state index contributed by atoms with van der Waals surface area (Å²) in [4.78, 5) is 15.0. The molecule has 0 radical (unpaired) electrons. The van der Waals surface area contributed by atoms with Gasteiger partial charge in [-0.1, -0.05) is 12.1 Å². The minimum atomic E-state index is -0.951. The van der Waals surface area contributed by atoms with E-state index in [4.69, 9.17) is 9.63 Å². The summed E-state index contributed by atoms with van der Waals surface area (Å²) in [5, 5.41) is 20.4. The standard InChI is InChI=1S/C12H11N5O3/c1-2-8-13-12(20-16-8)7-3-4-17-9(5-7)14-15-10(17)6-11(18)19/h3-5H,2,6H2,1H3,(H,18,19). The van der Waals surface area contributed by atoms with E-state index >= 15 is 0 Å². The highest BCUT2D eigenvalue weighted by atomic mass is 16.5. The second kappa shape index (κ2) is 4.72. The second-order valence-electron chi connectivity index (χ2n) is 4.20. The van der Waals surface area contributed by atoms with Crippen molar-refractivity contribution < 1.29 is 14.4 Å². The van der Waals surface area contributed by atoms with Gasteiger partial charge in [0.15, 0.2) is 11.5 Å². The molecule has 0 saturated carbocycles. The highest BCUT2D eigenvalue weighted by Crippen LogP contribution is 2.19. The Kier molecular flexibility index (Phi) is 2.90. The van der Waals surface area contributed by atoms with Gasteiger partial charge in [0.05, 0.1) is 0 Å². The molecule has 0 aromatic carbocycles. The predicted molar refractivity (Wildman–Crippen MR) is 67.0 cm³/mol. The van der Waals surface area contributed by atoms with Crippen LogP contribution in [0.5, 0.6) is 0 Å². The Hall–Kier alpha value is -2.77. The minimum Gasteiger partial charge on any atom is -0.481 e. The fourth-order valence-corrected chi connectivity index (χ4v) is 1.84. The first-order chi connectivity index (χ1) is 9.67. The first-order valence-corrected chi connectivity index (χ1v) is 6.06. The molecule has 3 aromatic heterocycles. The van der Waals surface area contributed by atoms with Crippen LogP contribution in [0.15, 0.2) is 22.9 Å². The number of fused-ring (bicyclic) bond motifs is 1. The maximum atomic E-state index is 10.7. The molecule has 3 rings (SSSR count). The fourth-order valence-electron chi connectivity index (χ4n) is 1.84. The van der Waals surface area contributed by atoms with Crippen LogP contribution < -0.4 is 0 Å². The van der Waals surface area contributed by atoms with E-state index in [1.54, 1.807) is 22.7 Å². The Balaban J connectivity index is 2.01. The molecule has 3 aromatic rings. The molecule has 0 aliphatic rings. The summed E-state index contributed by atoms with van der Waals surface area (Å²) >= 11 is 0. The van der Waals surface area contributed by atoms with Crippen molar-refractivity contribution in [2.75, 3.05) is 0 Å². The van der Waals surface area contributed by atoms with Crippen LogP contribution in [0.2, 0.25) is 0 Å². The molecule has 0 amide bonds. The van der Waals surface area contributed by atoms with Crippen LogP contribution in [-0.4, -0.2) is 35.8 Å². The van der Waals surface area contributed by atoms with E-state index in [2.05, 4.69) is 20.3 Å². The molecule has 20 heavy (non-hydrogen) atoms. The molecule has 0 aliphatic carbocycles. The molecule has 0 aliphatic heterocycles. The van der Waals surface area contributed by atoms with Crippen molar-refractivity contribution in [3.8, 4) is 11.5 Å². The monoisotopic (exact) mass is 273 g/mol. The van der Waals surface area contributed by atoms with E-state index in [1.165, 1.54) is 0 Å². The molecule has 102 valence electrons. The van der Waals surface area contributed by atoms with E-state index in [9.17, 15) is 4.79 Å². The zero-order valence-corrected chi connectivity index (χ0v) is 10.6. The fraction of sp³-hybridized carbons (Fsp3) is 0.250. The summed E-state index contributed by atoms with van der Waals surface area (Å²) in [5.74, 6) is 0.465. The molecular weight excluding hydrogens is 262 g/mol. The van der Waals surface area contributed by atoms with Gasteiger partial charge in [-0.05, 0) is 12.1 Å². The van der Waals surface area contributed by atoms with Crippen molar-refractivity contribution in [3.05, 3.63) is 30.0 Å². The summed E-state index contributed by atoms with van der Waals surface area (Å²) in [7, 11) is 0. The molecule has 8 heteroatoms. The van der Waals surface area contributed by atoms with Crippen molar-refractivity contribution in [1.82, 2.24) is 24.7 Å². The molecule has 8 nitrogen and oxygen atoms in total. The first-order valence-electron chi connectivity index (χ1n) is 6.06. The van der Waals surface area contributed by atoms with Gasteiger partial charge in [0, 0.05) is 18.2 Å². The van der Waals surface area contributed by atoms with Gasteiger partial charge in [0.1, 0.15) is 12.2 Å². The van der Waals surface area contributed by atoms with Gasteiger partial charge in [-0.25, -0.2) is 0 Å². The molecule has 0 atom stereocenters. The van der Waals surface area contributed by atoms with E-state index in [0.29, 0.717) is 29.6 Å². The maximum absolute atomic E-state index is 10.7. The zero-order valence-electron chi connectivity index (χ0n) is 10.6. The first kappa shape index (κ1) is 12.3. The van der Waals surface area contributed by atoms with Crippen LogP contribution >= 0.6 is 0 Å². The maximum Gasteiger partial charge on any atom is 0.311 e. The summed E-state index contributed by atoms with van der Waals surface area (Å²) in [6.45, 7) is 1.94. The van der Waals surface area contributed by atoms with E-state index in [1.807, 2.05) is 6.92 Å². The number of aromatic nitrogens is 5. The normalized spacial score (nSPS) is 11.1. The Bertz CT molecular complexity index is 776. The molecule has 0 unspecified atom stereocenters. The molecule has 0 fully saturated rings. The van der Waals surface area contributed by atoms with E-state index in [-0.39, 0.29) is 6.42 Å². The lowest BCUT2D eigenvalue weighted by Gasteiger charge is -1.98.